The van der Waals surface area contributed by atoms with Crippen LogP contribution in [0, 0.1) is 0 Å². The number of hydrogen-bond acceptors (Lipinski definition) is 2. The van der Waals surface area contributed by atoms with Crippen molar-refractivity contribution in [2.45, 2.75) is 47.0 Å². The molecule has 0 unspecified atom stereocenters. The molecule has 0 saturated heterocycles. The van der Waals surface area contributed by atoms with E-state index in [0.29, 0.717) is 0 Å². The topological polar surface area (TPSA) is 54.4 Å². The van der Waals surface area contributed by atoms with Crippen LogP contribution in [0.4, 0.5) is 74.6 Å². The van der Waals surface area contributed by atoms with Gasteiger partial charge in [-0.1, -0.05) is 0 Å². The Hall–Kier alpha value is -0.410. The summed E-state index contributed by atoms with van der Waals surface area (Å²) in [6, 6.07) is 0. The van der Waals surface area contributed by atoms with Crippen molar-refractivity contribution >= 4 is 36.0 Å². The van der Waals surface area contributed by atoms with E-state index < -0.39 is 57.1 Å². The predicted octanol–water partition coefficient (Wildman–Crippen LogP) is 3.66. The SMILES string of the molecule is O=S(=O)(O)C(F)(F)C(F)(F)C(F)(F)C(F)(F)C(F)(F)C(F)(F)C(F)(F)C(F)(F)F.[InH3]. The summed E-state index contributed by atoms with van der Waals surface area (Å²) < 4.78 is 242. The third kappa shape index (κ3) is 3.81. The van der Waals surface area contributed by atoms with Gasteiger partial charge in [0.2, 0.25) is 0 Å². The molecule has 0 radical (unpaired) electrons. The second-order valence-electron chi connectivity index (χ2n) is 4.94. The maximum absolute atomic E-state index is 13.0. The van der Waals surface area contributed by atoms with E-state index in [2.05, 4.69) is 0 Å². The van der Waals surface area contributed by atoms with Crippen LogP contribution in [0.3, 0.4) is 0 Å². The summed E-state index contributed by atoms with van der Waals surface area (Å²) in [5.74, 6) is -52.0. The Morgan fingerprint density at radius 2 is 0.633 bits per heavy atom. The molecule has 0 rings (SSSR count). The molecule has 0 aliphatic heterocycles. The van der Waals surface area contributed by atoms with E-state index in [1.165, 1.54) is 0 Å². The van der Waals surface area contributed by atoms with Crippen molar-refractivity contribution in [2.75, 3.05) is 0 Å². The van der Waals surface area contributed by atoms with Gasteiger partial charge >= 0.3 is 82.9 Å². The molecule has 3 nitrogen and oxygen atoms in total. The van der Waals surface area contributed by atoms with Gasteiger partial charge in [-0.2, -0.15) is 83.1 Å². The molecule has 0 fully saturated rings. The van der Waals surface area contributed by atoms with Gasteiger partial charge in [-0.05, 0) is 0 Å². The molecular formula is C8H4F17InO3S. The summed E-state index contributed by atoms with van der Waals surface area (Å²) in [5.41, 5.74) is 0. The minimum absolute atomic E-state index is 0. The molecule has 0 bridgehead atoms. The molecule has 22 heteroatoms. The third-order valence-electron chi connectivity index (χ3n) is 3.02. The molecule has 1 N–H and O–H groups in total. The summed E-state index contributed by atoms with van der Waals surface area (Å²) in [4.78, 5) is 0. The van der Waals surface area contributed by atoms with Gasteiger partial charge in [-0.25, -0.2) is 0 Å². The second kappa shape index (κ2) is 7.58. The molecule has 30 heavy (non-hydrogen) atoms. The van der Waals surface area contributed by atoms with Crippen LogP contribution in [0.5, 0.6) is 0 Å². The van der Waals surface area contributed by atoms with Gasteiger partial charge in [-0.15, -0.1) is 0 Å². The molecule has 0 aliphatic carbocycles. The minimum atomic E-state index is -8.89. The van der Waals surface area contributed by atoms with E-state index in [4.69, 9.17) is 4.55 Å². The van der Waals surface area contributed by atoms with Crippen molar-refractivity contribution in [2.24, 2.45) is 0 Å². The van der Waals surface area contributed by atoms with Gasteiger partial charge in [0.1, 0.15) is 0 Å². The van der Waals surface area contributed by atoms with Crippen molar-refractivity contribution in [3.05, 3.63) is 0 Å². The first-order valence-electron chi connectivity index (χ1n) is 5.68. The molecule has 0 aromatic rings. The van der Waals surface area contributed by atoms with Crippen LogP contribution in [0.2, 0.25) is 0 Å². The van der Waals surface area contributed by atoms with Gasteiger partial charge < -0.3 is 0 Å². The molecule has 0 atom stereocenters. The van der Waals surface area contributed by atoms with Gasteiger partial charge in [0.15, 0.2) is 0 Å². The molecule has 0 aliphatic rings. The van der Waals surface area contributed by atoms with E-state index in [-0.39, 0.29) is 25.8 Å². The Balaban J connectivity index is 0. The summed E-state index contributed by atoms with van der Waals surface area (Å²) in [6.45, 7) is 0. The van der Waals surface area contributed by atoms with Crippen LogP contribution in [0.15, 0.2) is 0 Å². The molecular weight excluding hydrogens is 614 g/mol. The predicted molar refractivity (Wildman–Crippen MR) is 62.2 cm³/mol. The Kier molecular flexibility index (Phi) is 8.03. The maximum atomic E-state index is 13.0. The Labute approximate surface area is 171 Å². The van der Waals surface area contributed by atoms with Crippen molar-refractivity contribution in [1.82, 2.24) is 0 Å². The fourth-order valence-electron chi connectivity index (χ4n) is 1.31. The van der Waals surface area contributed by atoms with Crippen LogP contribution in [0.25, 0.3) is 0 Å². The monoisotopic (exact) mass is 618 g/mol. The summed E-state index contributed by atoms with van der Waals surface area (Å²) in [6.07, 6.45) is -7.88. The van der Waals surface area contributed by atoms with E-state index in [0.717, 1.165) is 0 Å². The Morgan fingerprint density at radius 1 is 0.433 bits per heavy atom. The first-order valence-corrected chi connectivity index (χ1v) is 7.12. The van der Waals surface area contributed by atoms with Gasteiger partial charge in [-0.3, -0.25) is 4.55 Å². The fraction of sp³-hybridized carbons (Fsp3) is 1.00. The molecule has 0 aromatic heterocycles. The second-order valence-corrected chi connectivity index (χ2v) is 6.40. The average molecular weight is 618 g/mol. The zero-order chi connectivity index (χ0) is 24.5. The van der Waals surface area contributed by atoms with Crippen LogP contribution < -0.4 is 0 Å². The zero-order valence-electron chi connectivity index (χ0n) is 12.1. The number of rotatable bonds is 7. The normalized spacial score (nSPS) is 16.3. The van der Waals surface area contributed by atoms with Crippen LogP contribution >= 0.6 is 0 Å². The summed E-state index contributed by atoms with van der Waals surface area (Å²) >= 11 is 0. The standard InChI is InChI=1S/C8HF17O3S.In.3H/c9-1(10,3(13,14)5(17,18)7(21,22)23)2(11,12)4(15,16)6(19,20)8(24,25)29(26,27)28;;;;/h(H,26,27,28);;;;. The van der Waals surface area contributed by atoms with E-state index in [1.807, 2.05) is 0 Å². The van der Waals surface area contributed by atoms with Gasteiger partial charge in [0, 0.05) is 0 Å². The molecule has 0 heterocycles. The van der Waals surface area contributed by atoms with E-state index in [1.54, 1.807) is 0 Å². The van der Waals surface area contributed by atoms with Crippen LogP contribution in [0.1, 0.15) is 0 Å². The van der Waals surface area contributed by atoms with Gasteiger partial charge in [0.05, 0.1) is 0 Å². The molecule has 0 saturated carbocycles. The molecule has 182 valence electrons. The quantitative estimate of drug-likeness (QED) is 0.351. The van der Waals surface area contributed by atoms with Crippen molar-refractivity contribution in [1.29, 1.82) is 0 Å². The Bertz CT molecular complexity index is 739. The van der Waals surface area contributed by atoms with E-state index >= 15 is 0 Å². The summed E-state index contributed by atoms with van der Waals surface area (Å²) in [7, 11) is -7.89. The molecule has 0 amide bonds. The third-order valence-corrected chi connectivity index (χ3v) is 3.92. The Morgan fingerprint density at radius 3 is 0.833 bits per heavy atom. The van der Waals surface area contributed by atoms with Crippen LogP contribution in [-0.2, 0) is 10.1 Å². The molecule has 0 aromatic carbocycles. The zero-order valence-corrected chi connectivity index (χ0v) is 12.9. The van der Waals surface area contributed by atoms with Crippen molar-refractivity contribution in [3.8, 4) is 0 Å². The average Bonchev–Trinajstić information content (AvgIpc) is 2.43. The first kappa shape index (κ1) is 31.8. The van der Waals surface area contributed by atoms with Gasteiger partial charge in [0.25, 0.3) is 0 Å². The van der Waals surface area contributed by atoms with Crippen molar-refractivity contribution in [3.63, 3.8) is 0 Å². The van der Waals surface area contributed by atoms with Crippen LogP contribution in [-0.4, -0.2) is 85.8 Å². The fourth-order valence-corrected chi connectivity index (χ4v) is 1.76. The first-order chi connectivity index (χ1) is 12.0. The summed E-state index contributed by atoms with van der Waals surface area (Å²) in [5, 5.41) is -7.84. The van der Waals surface area contributed by atoms with Crippen molar-refractivity contribution < 1.29 is 87.6 Å². The van der Waals surface area contributed by atoms with E-state index in [9.17, 15) is 83.1 Å². The number of alkyl halides is 17. The molecule has 0 spiro atoms. The number of halogens is 17. The number of hydrogen-bond donors (Lipinski definition) is 1.